The molecular weight excluding hydrogens is 190 g/mol. The summed E-state index contributed by atoms with van der Waals surface area (Å²) in [5.74, 6) is 1.47. The monoisotopic (exact) mass is 213 g/mol. The van der Waals surface area contributed by atoms with Crippen molar-refractivity contribution < 1.29 is 9.90 Å². The summed E-state index contributed by atoms with van der Waals surface area (Å²) in [6.45, 7) is 7.77. The number of aliphatic hydroxyl groups is 1. The highest BCUT2D eigenvalue weighted by atomic mass is 16.3. The number of likely N-dealkylation sites (tertiary alicyclic amines) is 1. The largest absolute Gasteiger partial charge is 0.393 e. The zero-order valence-corrected chi connectivity index (χ0v) is 10.1. The highest BCUT2D eigenvalue weighted by molar-refractivity contribution is 5.78. The van der Waals surface area contributed by atoms with Crippen LogP contribution in [0.5, 0.6) is 0 Å². The van der Waals surface area contributed by atoms with Crippen molar-refractivity contribution in [2.45, 2.75) is 46.1 Å². The molecule has 3 nitrogen and oxygen atoms in total. The molecule has 0 aromatic carbocycles. The summed E-state index contributed by atoms with van der Waals surface area (Å²) in [6, 6.07) is 0. The molecular formula is C12H23NO2. The van der Waals surface area contributed by atoms with E-state index in [1.165, 1.54) is 0 Å². The Morgan fingerprint density at radius 1 is 1.47 bits per heavy atom. The number of aliphatic hydroxyl groups excluding tert-OH is 1. The number of carbonyl (C=O) groups excluding carboxylic acids is 1. The molecule has 0 bridgehead atoms. The van der Waals surface area contributed by atoms with Crippen LogP contribution in [0.3, 0.4) is 0 Å². The third kappa shape index (κ3) is 4.20. The van der Waals surface area contributed by atoms with Crippen molar-refractivity contribution in [2.75, 3.05) is 13.1 Å². The lowest BCUT2D eigenvalue weighted by Crippen LogP contribution is -2.28. The van der Waals surface area contributed by atoms with Gasteiger partial charge in [0, 0.05) is 19.5 Å². The number of nitrogens with zero attached hydrogens (tertiary/aromatic N) is 1. The molecule has 0 spiro atoms. The summed E-state index contributed by atoms with van der Waals surface area (Å²) < 4.78 is 0. The van der Waals surface area contributed by atoms with Crippen molar-refractivity contribution in [3.63, 3.8) is 0 Å². The molecule has 1 aliphatic heterocycles. The van der Waals surface area contributed by atoms with Crippen LogP contribution in [0, 0.1) is 11.8 Å². The van der Waals surface area contributed by atoms with Crippen LogP contribution in [-0.4, -0.2) is 35.1 Å². The molecule has 0 saturated carbocycles. The fraction of sp³-hybridized carbons (Fsp3) is 0.917. The van der Waals surface area contributed by atoms with Crippen LogP contribution in [0.15, 0.2) is 0 Å². The van der Waals surface area contributed by atoms with Crippen molar-refractivity contribution in [1.82, 2.24) is 4.90 Å². The molecule has 15 heavy (non-hydrogen) atoms. The molecule has 2 atom stereocenters. The standard InChI is InChI=1S/C12H23NO2/c1-9(2)6-11-7-12(15)13(8-11)5-4-10(3)14/h9-11,14H,4-8H2,1-3H3. The lowest BCUT2D eigenvalue weighted by atomic mass is 9.96. The predicted molar refractivity (Wildman–Crippen MR) is 60.4 cm³/mol. The highest BCUT2D eigenvalue weighted by Crippen LogP contribution is 2.24. The van der Waals surface area contributed by atoms with Gasteiger partial charge in [0.25, 0.3) is 0 Å². The second-order valence-corrected chi connectivity index (χ2v) is 5.18. The summed E-state index contributed by atoms with van der Waals surface area (Å²) >= 11 is 0. The highest BCUT2D eigenvalue weighted by Gasteiger charge is 2.29. The maximum atomic E-state index is 11.6. The third-order valence-corrected chi connectivity index (χ3v) is 2.92. The van der Waals surface area contributed by atoms with Gasteiger partial charge in [-0.1, -0.05) is 13.8 Å². The minimum absolute atomic E-state index is 0.265. The summed E-state index contributed by atoms with van der Waals surface area (Å²) in [4.78, 5) is 13.5. The first-order chi connectivity index (χ1) is 6.99. The van der Waals surface area contributed by atoms with Crippen molar-refractivity contribution >= 4 is 5.91 Å². The van der Waals surface area contributed by atoms with Crippen LogP contribution in [0.1, 0.15) is 40.0 Å². The van der Waals surface area contributed by atoms with E-state index in [-0.39, 0.29) is 12.0 Å². The quantitative estimate of drug-likeness (QED) is 0.754. The maximum absolute atomic E-state index is 11.6. The normalized spacial score (nSPS) is 23.9. The van der Waals surface area contributed by atoms with Gasteiger partial charge in [0.15, 0.2) is 0 Å². The summed E-state index contributed by atoms with van der Waals surface area (Å²) in [6.07, 6.45) is 2.23. The molecule has 1 aliphatic rings. The first-order valence-corrected chi connectivity index (χ1v) is 5.95. The maximum Gasteiger partial charge on any atom is 0.222 e. The van der Waals surface area contributed by atoms with Crippen LogP contribution in [-0.2, 0) is 4.79 Å². The van der Waals surface area contributed by atoms with Gasteiger partial charge >= 0.3 is 0 Å². The lowest BCUT2D eigenvalue weighted by Gasteiger charge is -2.18. The van der Waals surface area contributed by atoms with E-state index in [4.69, 9.17) is 0 Å². The van der Waals surface area contributed by atoms with Crippen LogP contribution in [0.4, 0.5) is 0 Å². The summed E-state index contributed by atoms with van der Waals surface area (Å²) in [7, 11) is 0. The molecule has 1 fully saturated rings. The Bertz CT molecular complexity index is 214. The molecule has 0 radical (unpaired) electrons. The fourth-order valence-electron chi connectivity index (χ4n) is 2.24. The number of hydrogen-bond acceptors (Lipinski definition) is 2. The molecule has 1 rings (SSSR count). The van der Waals surface area contributed by atoms with E-state index in [1.54, 1.807) is 6.92 Å². The van der Waals surface area contributed by atoms with E-state index in [9.17, 15) is 9.90 Å². The minimum atomic E-state index is -0.304. The Morgan fingerprint density at radius 2 is 2.13 bits per heavy atom. The molecule has 0 aromatic rings. The van der Waals surface area contributed by atoms with E-state index >= 15 is 0 Å². The number of rotatable bonds is 5. The van der Waals surface area contributed by atoms with Gasteiger partial charge < -0.3 is 10.0 Å². The first-order valence-electron chi connectivity index (χ1n) is 5.95. The Balaban J connectivity index is 2.32. The van der Waals surface area contributed by atoms with Gasteiger partial charge in [0.2, 0.25) is 5.91 Å². The van der Waals surface area contributed by atoms with E-state index < -0.39 is 0 Å². The fourth-order valence-corrected chi connectivity index (χ4v) is 2.24. The summed E-state index contributed by atoms with van der Waals surface area (Å²) in [5.41, 5.74) is 0. The summed E-state index contributed by atoms with van der Waals surface area (Å²) in [5, 5.41) is 9.17. The van der Waals surface area contributed by atoms with Crippen molar-refractivity contribution in [3.05, 3.63) is 0 Å². The van der Waals surface area contributed by atoms with Crippen LogP contribution < -0.4 is 0 Å². The number of carbonyl (C=O) groups is 1. The second kappa shape index (κ2) is 5.50. The van der Waals surface area contributed by atoms with Crippen LogP contribution in [0.2, 0.25) is 0 Å². The molecule has 0 aliphatic carbocycles. The van der Waals surface area contributed by atoms with E-state index in [0.717, 1.165) is 13.0 Å². The predicted octanol–water partition coefficient (Wildman–Crippen LogP) is 1.65. The van der Waals surface area contributed by atoms with Crippen LogP contribution in [0.25, 0.3) is 0 Å². The number of amides is 1. The molecule has 2 unspecified atom stereocenters. The molecule has 1 saturated heterocycles. The molecule has 0 aromatic heterocycles. The SMILES string of the molecule is CC(C)CC1CC(=O)N(CCC(C)O)C1. The molecule has 88 valence electrons. The van der Waals surface area contributed by atoms with E-state index in [0.29, 0.717) is 31.2 Å². The lowest BCUT2D eigenvalue weighted by molar-refractivity contribution is -0.127. The third-order valence-electron chi connectivity index (χ3n) is 2.92. The van der Waals surface area contributed by atoms with Crippen molar-refractivity contribution in [3.8, 4) is 0 Å². The molecule has 1 N–H and O–H groups in total. The van der Waals surface area contributed by atoms with Gasteiger partial charge in [-0.15, -0.1) is 0 Å². The van der Waals surface area contributed by atoms with Gasteiger partial charge in [0.1, 0.15) is 0 Å². The van der Waals surface area contributed by atoms with Gasteiger partial charge in [0.05, 0.1) is 6.10 Å². The van der Waals surface area contributed by atoms with Crippen molar-refractivity contribution in [1.29, 1.82) is 0 Å². The van der Waals surface area contributed by atoms with E-state index in [1.807, 2.05) is 4.90 Å². The Morgan fingerprint density at radius 3 is 2.67 bits per heavy atom. The van der Waals surface area contributed by atoms with Gasteiger partial charge in [-0.3, -0.25) is 4.79 Å². The Hall–Kier alpha value is -0.570. The average Bonchev–Trinajstić information content (AvgIpc) is 2.41. The van der Waals surface area contributed by atoms with Crippen LogP contribution >= 0.6 is 0 Å². The minimum Gasteiger partial charge on any atom is -0.393 e. The van der Waals surface area contributed by atoms with Gasteiger partial charge in [-0.05, 0) is 31.6 Å². The van der Waals surface area contributed by atoms with Crippen molar-refractivity contribution in [2.24, 2.45) is 11.8 Å². The molecule has 1 amide bonds. The van der Waals surface area contributed by atoms with Gasteiger partial charge in [-0.2, -0.15) is 0 Å². The average molecular weight is 213 g/mol. The molecule has 3 heteroatoms. The van der Waals surface area contributed by atoms with E-state index in [2.05, 4.69) is 13.8 Å². The Kier molecular flexibility index (Phi) is 4.58. The first kappa shape index (κ1) is 12.5. The smallest absolute Gasteiger partial charge is 0.222 e. The zero-order chi connectivity index (χ0) is 11.4. The topological polar surface area (TPSA) is 40.5 Å². The van der Waals surface area contributed by atoms with Gasteiger partial charge in [-0.25, -0.2) is 0 Å². The zero-order valence-electron chi connectivity index (χ0n) is 10.1. The number of hydrogen-bond donors (Lipinski definition) is 1. The molecule has 1 heterocycles. The Labute approximate surface area is 92.5 Å². The second-order valence-electron chi connectivity index (χ2n) is 5.18.